The van der Waals surface area contributed by atoms with Crippen LogP contribution in [0.5, 0.6) is 0 Å². The third kappa shape index (κ3) is 4.41. The molecule has 0 aliphatic rings. The van der Waals surface area contributed by atoms with Crippen LogP contribution in [0.2, 0.25) is 0 Å². The summed E-state index contributed by atoms with van der Waals surface area (Å²) in [6, 6.07) is 7.54. The predicted octanol–water partition coefficient (Wildman–Crippen LogP) is 3.79. The summed E-state index contributed by atoms with van der Waals surface area (Å²) >= 11 is 0. The van der Waals surface area contributed by atoms with Crippen molar-refractivity contribution in [3.8, 4) is 0 Å². The zero-order chi connectivity index (χ0) is 18.4. The molecule has 1 aromatic heterocycles. The summed E-state index contributed by atoms with van der Waals surface area (Å²) in [6.45, 7) is 5.63. The minimum atomic E-state index is -0.609. The smallest absolute Gasteiger partial charge is 0.257 e. The zero-order valence-corrected chi connectivity index (χ0v) is 14.6. The number of halogens is 1. The highest BCUT2D eigenvalue weighted by molar-refractivity contribution is 5.97. The normalized spacial score (nSPS) is 11.7. The van der Waals surface area contributed by atoms with E-state index in [1.54, 1.807) is 17.3 Å². The Balaban J connectivity index is 2.37. The lowest BCUT2D eigenvalue weighted by Crippen LogP contribution is -2.35. The molecule has 2 aromatic rings. The number of benzene rings is 1. The van der Waals surface area contributed by atoms with Gasteiger partial charge in [0.15, 0.2) is 0 Å². The van der Waals surface area contributed by atoms with Gasteiger partial charge in [-0.2, -0.15) is 0 Å². The number of aromatic nitrogens is 1. The van der Waals surface area contributed by atoms with E-state index in [0.29, 0.717) is 18.7 Å². The largest absolute Gasteiger partial charge is 0.332 e. The molecule has 0 bridgehead atoms. The van der Waals surface area contributed by atoms with Crippen LogP contribution in [-0.2, 0) is 4.79 Å². The summed E-state index contributed by atoms with van der Waals surface area (Å²) in [5.41, 5.74) is 1.29. The van der Waals surface area contributed by atoms with E-state index in [-0.39, 0.29) is 17.5 Å². The molecule has 0 radical (unpaired) electrons. The molecular formula is C19H22FN3O2. The Hall–Kier alpha value is -2.76. The molecule has 0 spiro atoms. The number of hydrogen-bond acceptors (Lipinski definition) is 3. The quantitative estimate of drug-likeness (QED) is 0.868. The van der Waals surface area contributed by atoms with Crippen molar-refractivity contribution < 1.29 is 14.0 Å². The summed E-state index contributed by atoms with van der Waals surface area (Å²) in [5, 5.41) is 2.57. The summed E-state index contributed by atoms with van der Waals surface area (Å²) in [5.74, 6) is -1.29. The first-order chi connectivity index (χ1) is 12.0. The molecule has 1 unspecified atom stereocenters. The molecular weight excluding hydrogens is 321 g/mol. The molecule has 132 valence electrons. The monoisotopic (exact) mass is 343 g/mol. The fraction of sp³-hybridized carbons (Fsp3) is 0.316. The standard InChI is InChI=1S/C19H22FN3O2/c1-4-18(14-8-10-21-11-9-14)23(5-2)19(25)16-12-15(22-13(3)24)6-7-17(16)20/h6-12,18H,4-5H2,1-3H3,(H,22,24). The van der Waals surface area contributed by atoms with Gasteiger partial charge in [0, 0.05) is 31.5 Å². The Morgan fingerprint density at radius 2 is 1.88 bits per heavy atom. The Morgan fingerprint density at radius 1 is 1.20 bits per heavy atom. The van der Waals surface area contributed by atoms with E-state index >= 15 is 0 Å². The Kier molecular flexibility index (Phi) is 6.22. The molecule has 0 fully saturated rings. The minimum absolute atomic E-state index is 0.0550. The molecule has 0 aliphatic carbocycles. The highest BCUT2D eigenvalue weighted by Gasteiger charge is 2.25. The van der Waals surface area contributed by atoms with Crippen molar-refractivity contribution >= 4 is 17.5 Å². The second kappa shape index (κ2) is 8.37. The Morgan fingerprint density at radius 3 is 2.44 bits per heavy atom. The van der Waals surface area contributed by atoms with Gasteiger partial charge in [0.25, 0.3) is 5.91 Å². The molecule has 6 heteroatoms. The first-order valence-electron chi connectivity index (χ1n) is 8.25. The van der Waals surface area contributed by atoms with Crippen LogP contribution in [-0.4, -0.2) is 28.2 Å². The van der Waals surface area contributed by atoms with E-state index in [4.69, 9.17) is 0 Å². The SMILES string of the molecule is CCC(c1ccncc1)N(CC)C(=O)c1cc(NC(C)=O)ccc1F. The van der Waals surface area contributed by atoms with Gasteiger partial charge >= 0.3 is 0 Å². The fourth-order valence-corrected chi connectivity index (χ4v) is 2.85. The maximum absolute atomic E-state index is 14.3. The molecule has 5 nitrogen and oxygen atoms in total. The molecule has 0 saturated heterocycles. The Labute approximate surface area is 146 Å². The van der Waals surface area contributed by atoms with Gasteiger partial charge in [0.05, 0.1) is 11.6 Å². The van der Waals surface area contributed by atoms with Crippen LogP contribution < -0.4 is 5.32 Å². The molecule has 0 aliphatic heterocycles. The number of hydrogen-bond donors (Lipinski definition) is 1. The van der Waals surface area contributed by atoms with E-state index in [1.165, 1.54) is 25.1 Å². The van der Waals surface area contributed by atoms with Gasteiger partial charge in [-0.15, -0.1) is 0 Å². The number of anilines is 1. The van der Waals surface area contributed by atoms with Crippen molar-refractivity contribution in [2.45, 2.75) is 33.2 Å². The zero-order valence-electron chi connectivity index (χ0n) is 14.6. The molecule has 1 N–H and O–H groups in total. The summed E-state index contributed by atoms with van der Waals surface area (Å²) in [7, 11) is 0. The lowest BCUT2D eigenvalue weighted by molar-refractivity contribution is -0.114. The van der Waals surface area contributed by atoms with E-state index in [9.17, 15) is 14.0 Å². The first kappa shape index (κ1) is 18.6. The number of rotatable bonds is 6. The van der Waals surface area contributed by atoms with E-state index in [1.807, 2.05) is 26.0 Å². The number of nitrogens with zero attached hydrogens (tertiary/aromatic N) is 2. The number of amides is 2. The van der Waals surface area contributed by atoms with Gasteiger partial charge in [-0.3, -0.25) is 14.6 Å². The third-order valence-corrected chi connectivity index (χ3v) is 3.97. The van der Waals surface area contributed by atoms with Crippen molar-refractivity contribution in [3.05, 3.63) is 59.7 Å². The van der Waals surface area contributed by atoms with E-state index in [0.717, 1.165) is 5.56 Å². The first-order valence-corrected chi connectivity index (χ1v) is 8.25. The number of pyridine rings is 1. The Bertz CT molecular complexity index is 750. The fourth-order valence-electron chi connectivity index (χ4n) is 2.85. The van der Waals surface area contributed by atoms with Crippen LogP contribution in [0.1, 0.15) is 49.2 Å². The van der Waals surface area contributed by atoms with Crippen LogP contribution in [0.3, 0.4) is 0 Å². The van der Waals surface area contributed by atoms with Gasteiger partial charge in [-0.05, 0) is 49.2 Å². The molecule has 1 heterocycles. The average molecular weight is 343 g/mol. The summed E-state index contributed by atoms with van der Waals surface area (Å²) in [6.07, 6.45) is 4.04. The van der Waals surface area contributed by atoms with Crippen LogP contribution >= 0.6 is 0 Å². The summed E-state index contributed by atoms with van der Waals surface area (Å²) < 4.78 is 14.3. The van der Waals surface area contributed by atoms with Crippen molar-refractivity contribution in [3.63, 3.8) is 0 Å². The van der Waals surface area contributed by atoms with Gasteiger partial charge in [-0.25, -0.2) is 4.39 Å². The van der Waals surface area contributed by atoms with Gasteiger partial charge in [0.1, 0.15) is 5.82 Å². The van der Waals surface area contributed by atoms with Crippen LogP contribution in [0.4, 0.5) is 10.1 Å². The van der Waals surface area contributed by atoms with Gasteiger partial charge in [0.2, 0.25) is 5.91 Å². The topological polar surface area (TPSA) is 62.3 Å². The van der Waals surface area contributed by atoms with E-state index < -0.39 is 11.7 Å². The highest BCUT2D eigenvalue weighted by atomic mass is 19.1. The molecule has 2 amide bonds. The van der Waals surface area contributed by atoms with E-state index in [2.05, 4.69) is 10.3 Å². The van der Waals surface area contributed by atoms with Crippen LogP contribution in [0, 0.1) is 5.82 Å². The third-order valence-electron chi connectivity index (χ3n) is 3.97. The molecule has 1 atom stereocenters. The lowest BCUT2D eigenvalue weighted by Gasteiger charge is -2.31. The molecule has 25 heavy (non-hydrogen) atoms. The molecule has 2 rings (SSSR count). The predicted molar refractivity (Wildman–Crippen MR) is 94.7 cm³/mol. The molecule has 0 saturated carbocycles. The van der Waals surface area contributed by atoms with Gasteiger partial charge < -0.3 is 10.2 Å². The number of carbonyl (C=O) groups excluding carboxylic acids is 2. The van der Waals surface area contributed by atoms with Crippen LogP contribution in [0.25, 0.3) is 0 Å². The van der Waals surface area contributed by atoms with Crippen molar-refractivity contribution in [1.29, 1.82) is 0 Å². The highest BCUT2D eigenvalue weighted by Crippen LogP contribution is 2.27. The maximum Gasteiger partial charge on any atom is 0.257 e. The average Bonchev–Trinajstić information content (AvgIpc) is 2.61. The van der Waals surface area contributed by atoms with Crippen molar-refractivity contribution in [2.75, 3.05) is 11.9 Å². The maximum atomic E-state index is 14.3. The second-order valence-corrected chi connectivity index (χ2v) is 5.67. The minimum Gasteiger partial charge on any atom is -0.332 e. The lowest BCUT2D eigenvalue weighted by atomic mass is 10.0. The molecule has 1 aromatic carbocycles. The second-order valence-electron chi connectivity index (χ2n) is 5.67. The van der Waals surface area contributed by atoms with Crippen molar-refractivity contribution in [1.82, 2.24) is 9.88 Å². The number of nitrogens with one attached hydrogen (secondary N) is 1. The van der Waals surface area contributed by atoms with Crippen molar-refractivity contribution in [2.24, 2.45) is 0 Å². The summed E-state index contributed by atoms with van der Waals surface area (Å²) in [4.78, 5) is 29.8. The van der Waals surface area contributed by atoms with Crippen LogP contribution in [0.15, 0.2) is 42.7 Å². The van der Waals surface area contributed by atoms with Gasteiger partial charge in [-0.1, -0.05) is 6.92 Å². The number of carbonyl (C=O) groups is 2.